The van der Waals surface area contributed by atoms with E-state index in [1.54, 1.807) is 14.0 Å². The molecule has 0 aromatic heterocycles. The molecule has 1 amide bonds. The summed E-state index contributed by atoms with van der Waals surface area (Å²) in [5.74, 6) is 1.66. The predicted molar refractivity (Wildman–Crippen MR) is 88.6 cm³/mol. The van der Waals surface area contributed by atoms with Crippen molar-refractivity contribution in [2.45, 2.75) is 26.5 Å². The lowest BCUT2D eigenvalue weighted by atomic mass is 9.98. The fourth-order valence-corrected chi connectivity index (χ4v) is 2.92. The molecule has 0 radical (unpaired) electrons. The number of carbonyl (C=O) groups is 1. The zero-order valence-corrected chi connectivity index (χ0v) is 13.5. The Labute approximate surface area is 136 Å². The number of ether oxygens (including phenoxy) is 2. The Balaban J connectivity index is 1.86. The molecule has 0 bridgehead atoms. The molecule has 120 valence electrons. The molecule has 2 aromatic carbocycles. The Morgan fingerprint density at radius 2 is 1.96 bits per heavy atom. The Morgan fingerprint density at radius 3 is 2.65 bits per heavy atom. The van der Waals surface area contributed by atoms with Gasteiger partial charge in [-0.25, -0.2) is 0 Å². The number of nitrogens with zero attached hydrogens (tertiary/aromatic N) is 1. The number of hydrogen-bond donors (Lipinski definition) is 0. The van der Waals surface area contributed by atoms with Crippen molar-refractivity contribution in [3.8, 4) is 11.5 Å². The monoisotopic (exact) mass is 311 g/mol. The van der Waals surface area contributed by atoms with Crippen LogP contribution in [0, 0.1) is 0 Å². The number of hydrogen-bond acceptors (Lipinski definition) is 3. The molecule has 23 heavy (non-hydrogen) atoms. The van der Waals surface area contributed by atoms with E-state index in [1.807, 2.05) is 47.4 Å². The van der Waals surface area contributed by atoms with Crippen LogP contribution in [0.15, 0.2) is 42.5 Å². The summed E-state index contributed by atoms with van der Waals surface area (Å²) in [7, 11) is 1.65. The van der Waals surface area contributed by atoms with Gasteiger partial charge in [-0.05, 0) is 23.6 Å². The van der Waals surface area contributed by atoms with Gasteiger partial charge in [0.1, 0.15) is 6.61 Å². The predicted octanol–water partition coefficient (Wildman–Crippen LogP) is 3.18. The molecule has 3 rings (SSSR count). The molecule has 1 aliphatic rings. The van der Waals surface area contributed by atoms with Crippen molar-refractivity contribution in [1.82, 2.24) is 4.90 Å². The van der Waals surface area contributed by atoms with Gasteiger partial charge in [0.15, 0.2) is 11.5 Å². The molecule has 0 fully saturated rings. The lowest BCUT2D eigenvalue weighted by Crippen LogP contribution is -2.34. The second-order valence-corrected chi connectivity index (χ2v) is 5.70. The van der Waals surface area contributed by atoms with Crippen LogP contribution in [0.1, 0.15) is 23.6 Å². The minimum atomic E-state index is 0.109. The maximum absolute atomic E-state index is 11.6. The minimum absolute atomic E-state index is 0.109. The molecule has 0 unspecified atom stereocenters. The maximum atomic E-state index is 11.6. The standard InChI is InChI=1S/C19H21NO3/c1-14(21)20-11-10-17-16(12-20)8-9-18(22-2)19(17)23-13-15-6-4-3-5-7-15/h3-9H,10-13H2,1-2H3. The summed E-state index contributed by atoms with van der Waals surface area (Å²) in [6.45, 7) is 3.47. The van der Waals surface area contributed by atoms with Crippen LogP contribution in [0.3, 0.4) is 0 Å². The quantitative estimate of drug-likeness (QED) is 0.870. The van der Waals surface area contributed by atoms with Crippen LogP contribution < -0.4 is 9.47 Å². The first-order chi connectivity index (χ1) is 11.2. The minimum Gasteiger partial charge on any atom is -0.493 e. The molecular weight excluding hydrogens is 290 g/mol. The van der Waals surface area contributed by atoms with Crippen LogP contribution in [0.2, 0.25) is 0 Å². The van der Waals surface area contributed by atoms with E-state index in [9.17, 15) is 4.79 Å². The van der Waals surface area contributed by atoms with Crippen molar-refractivity contribution in [3.63, 3.8) is 0 Å². The molecule has 4 heteroatoms. The van der Waals surface area contributed by atoms with E-state index < -0.39 is 0 Å². The fourth-order valence-electron chi connectivity index (χ4n) is 2.92. The third-order valence-corrected chi connectivity index (χ3v) is 4.21. The highest BCUT2D eigenvalue weighted by molar-refractivity contribution is 5.73. The number of rotatable bonds is 4. The number of carbonyl (C=O) groups excluding carboxylic acids is 1. The summed E-state index contributed by atoms with van der Waals surface area (Å²) < 4.78 is 11.5. The van der Waals surface area contributed by atoms with Gasteiger partial charge >= 0.3 is 0 Å². The van der Waals surface area contributed by atoms with Crippen molar-refractivity contribution in [3.05, 3.63) is 59.2 Å². The Hall–Kier alpha value is -2.49. The number of methoxy groups -OCH3 is 1. The van der Waals surface area contributed by atoms with Crippen molar-refractivity contribution < 1.29 is 14.3 Å². The van der Waals surface area contributed by atoms with E-state index >= 15 is 0 Å². The SMILES string of the molecule is COc1ccc2c(c1OCc1ccccc1)CCN(C(C)=O)C2. The molecular formula is C19H21NO3. The van der Waals surface area contributed by atoms with Crippen molar-refractivity contribution in [2.75, 3.05) is 13.7 Å². The van der Waals surface area contributed by atoms with Gasteiger partial charge in [-0.1, -0.05) is 36.4 Å². The van der Waals surface area contributed by atoms with Crippen LogP contribution in [-0.4, -0.2) is 24.5 Å². The first-order valence-electron chi connectivity index (χ1n) is 7.80. The van der Waals surface area contributed by atoms with Crippen molar-refractivity contribution >= 4 is 5.91 Å². The van der Waals surface area contributed by atoms with E-state index in [2.05, 4.69) is 0 Å². The first-order valence-corrected chi connectivity index (χ1v) is 7.80. The van der Waals surface area contributed by atoms with Crippen LogP contribution in [0.4, 0.5) is 0 Å². The summed E-state index contributed by atoms with van der Waals surface area (Å²) in [6, 6.07) is 14.0. The lowest BCUT2D eigenvalue weighted by Gasteiger charge is -2.29. The largest absolute Gasteiger partial charge is 0.493 e. The topological polar surface area (TPSA) is 38.8 Å². The average molecular weight is 311 g/mol. The maximum Gasteiger partial charge on any atom is 0.219 e. The smallest absolute Gasteiger partial charge is 0.219 e. The Kier molecular flexibility index (Phi) is 4.51. The van der Waals surface area contributed by atoms with Gasteiger partial charge in [-0.2, -0.15) is 0 Å². The third kappa shape index (κ3) is 3.31. The summed E-state index contributed by atoms with van der Waals surface area (Å²) in [5, 5.41) is 0. The van der Waals surface area contributed by atoms with Gasteiger partial charge in [-0.3, -0.25) is 4.79 Å². The zero-order chi connectivity index (χ0) is 16.2. The number of benzene rings is 2. The van der Waals surface area contributed by atoms with Crippen LogP contribution in [-0.2, 0) is 24.4 Å². The highest BCUT2D eigenvalue weighted by Crippen LogP contribution is 2.37. The van der Waals surface area contributed by atoms with E-state index in [-0.39, 0.29) is 5.91 Å². The van der Waals surface area contributed by atoms with E-state index in [0.717, 1.165) is 41.2 Å². The van der Waals surface area contributed by atoms with Crippen molar-refractivity contribution in [1.29, 1.82) is 0 Å². The van der Waals surface area contributed by atoms with Gasteiger partial charge in [0.05, 0.1) is 7.11 Å². The summed E-state index contributed by atoms with van der Waals surface area (Å²) in [5.41, 5.74) is 3.40. The average Bonchev–Trinajstić information content (AvgIpc) is 2.59. The highest BCUT2D eigenvalue weighted by Gasteiger charge is 2.23. The van der Waals surface area contributed by atoms with Gasteiger partial charge in [0.25, 0.3) is 0 Å². The van der Waals surface area contributed by atoms with Crippen LogP contribution in [0.25, 0.3) is 0 Å². The molecule has 2 aromatic rings. The van der Waals surface area contributed by atoms with Crippen molar-refractivity contribution in [2.24, 2.45) is 0 Å². The molecule has 0 saturated heterocycles. The Bertz CT molecular complexity index is 697. The summed E-state index contributed by atoms with van der Waals surface area (Å²) in [6.07, 6.45) is 0.788. The Morgan fingerprint density at radius 1 is 1.17 bits per heavy atom. The van der Waals surface area contributed by atoms with E-state index in [4.69, 9.17) is 9.47 Å². The van der Waals surface area contributed by atoms with E-state index in [0.29, 0.717) is 13.2 Å². The highest BCUT2D eigenvalue weighted by atomic mass is 16.5. The molecule has 1 aliphatic heterocycles. The van der Waals surface area contributed by atoms with Gasteiger partial charge in [0.2, 0.25) is 5.91 Å². The van der Waals surface area contributed by atoms with Gasteiger partial charge in [0, 0.05) is 25.6 Å². The molecule has 0 saturated carbocycles. The van der Waals surface area contributed by atoms with Crippen LogP contribution in [0.5, 0.6) is 11.5 Å². The normalized spacial score (nSPS) is 13.4. The fraction of sp³-hybridized carbons (Fsp3) is 0.316. The summed E-state index contributed by atoms with van der Waals surface area (Å²) in [4.78, 5) is 13.5. The summed E-state index contributed by atoms with van der Waals surface area (Å²) >= 11 is 0. The first kappa shape index (κ1) is 15.4. The second-order valence-electron chi connectivity index (χ2n) is 5.70. The second kappa shape index (κ2) is 6.73. The van der Waals surface area contributed by atoms with Crippen LogP contribution >= 0.6 is 0 Å². The zero-order valence-electron chi connectivity index (χ0n) is 13.5. The van der Waals surface area contributed by atoms with E-state index in [1.165, 1.54) is 0 Å². The number of amides is 1. The molecule has 0 spiro atoms. The number of fused-ring (bicyclic) bond motifs is 1. The third-order valence-electron chi connectivity index (χ3n) is 4.21. The van der Waals surface area contributed by atoms with Gasteiger partial charge < -0.3 is 14.4 Å². The molecule has 1 heterocycles. The van der Waals surface area contributed by atoms with Gasteiger partial charge in [-0.15, -0.1) is 0 Å². The molecule has 4 nitrogen and oxygen atoms in total. The lowest BCUT2D eigenvalue weighted by molar-refractivity contribution is -0.129. The molecule has 0 N–H and O–H groups in total. The molecule has 0 atom stereocenters. The molecule has 0 aliphatic carbocycles.